The molecule has 1 atom stereocenters. The minimum atomic E-state index is 0.560. The van der Waals surface area contributed by atoms with Crippen LogP contribution in [0.3, 0.4) is 0 Å². The van der Waals surface area contributed by atoms with Gasteiger partial charge in [-0.2, -0.15) is 0 Å². The molecule has 0 N–H and O–H groups in total. The molecule has 0 aliphatic heterocycles. The first-order valence-corrected chi connectivity index (χ1v) is 11.1. The topological polar surface area (TPSA) is 0 Å². The van der Waals surface area contributed by atoms with Crippen LogP contribution in [0, 0.1) is 0 Å². The average Bonchev–Trinajstić information content (AvgIpc) is 2.90. The van der Waals surface area contributed by atoms with Crippen molar-refractivity contribution in [1.82, 2.24) is 0 Å². The van der Waals surface area contributed by atoms with Crippen molar-refractivity contribution in [2.45, 2.75) is 64.7 Å². The fourth-order valence-electron chi connectivity index (χ4n) is 4.85. The normalized spacial score (nSPS) is 15.6. The lowest BCUT2D eigenvalue weighted by molar-refractivity contribution is 0.678. The molecule has 0 heterocycles. The Morgan fingerprint density at radius 1 is 0.750 bits per heavy atom. The highest BCUT2D eigenvalue weighted by molar-refractivity contribution is 5.72. The molecule has 0 saturated carbocycles. The molecule has 144 valence electrons. The second-order valence-corrected chi connectivity index (χ2v) is 8.26. The van der Waals surface area contributed by atoms with E-state index in [1.807, 2.05) is 0 Å². The summed E-state index contributed by atoms with van der Waals surface area (Å²) >= 11 is 0. The van der Waals surface area contributed by atoms with E-state index in [2.05, 4.69) is 80.6 Å². The van der Waals surface area contributed by atoms with Gasteiger partial charge in [0.2, 0.25) is 0 Å². The lowest BCUT2D eigenvalue weighted by Crippen LogP contribution is -2.08. The Balaban J connectivity index is 1.76. The molecule has 1 aliphatic carbocycles. The van der Waals surface area contributed by atoms with Gasteiger partial charge in [-0.3, -0.25) is 0 Å². The van der Waals surface area contributed by atoms with Crippen LogP contribution < -0.4 is 0 Å². The third-order valence-electron chi connectivity index (χ3n) is 6.35. The minimum absolute atomic E-state index is 0.560. The van der Waals surface area contributed by atoms with E-state index in [9.17, 15) is 0 Å². The second kappa shape index (κ2) is 8.78. The molecular formula is C28H32. The standard InChI is InChI=1S/C28H32/c1-3-5-6-11-21-16-17-28-24(18-21)20-25(19-23-13-8-10-15-27(23)28)26-14-9-7-12-22(26)4-2/h7-10,12-18,25H,3-6,11,19-20H2,1-2H3. The largest absolute Gasteiger partial charge is 0.0654 e. The van der Waals surface area contributed by atoms with E-state index >= 15 is 0 Å². The summed E-state index contributed by atoms with van der Waals surface area (Å²) in [6, 6.07) is 25.4. The molecule has 1 aliphatic rings. The molecule has 0 bridgehead atoms. The van der Waals surface area contributed by atoms with E-state index < -0.39 is 0 Å². The molecule has 0 spiro atoms. The molecule has 3 aromatic carbocycles. The van der Waals surface area contributed by atoms with Crippen molar-refractivity contribution in [3.63, 3.8) is 0 Å². The zero-order valence-corrected chi connectivity index (χ0v) is 17.4. The zero-order valence-electron chi connectivity index (χ0n) is 17.4. The molecule has 0 radical (unpaired) electrons. The number of fused-ring (bicyclic) bond motifs is 3. The number of aryl methyl sites for hydroxylation is 2. The van der Waals surface area contributed by atoms with Crippen LogP contribution in [-0.4, -0.2) is 0 Å². The number of hydrogen-bond donors (Lipinski definition) is 0. The Hall–Kier alpha value is -2.34. The third-order valence-corrected chi connectivity index (χ3v) is 6.35. The van der Waals surface area contributed by atoms with Crippen molar-refractivity contribution in [1.29, 1.82) is 0 Å². The first kappa shape index (κ1) is 19.0. The van der Waals surface area contributed by atoms with Crippen molar-refractivity contribution < 1.29 is 0 Å². The van der Waals surface area contributed by atoms with Gasteiger partial charge >= 0.3 is 0 Å². The number of unbranched alkanes of at least 4 members (excludes halogenated alkanes) is 2. The van der Waals surface area contributed by atoms with Gasteiger partial charge in [0.15, 0.2) is 0 Å². The molecule has 0 heteroatoms. The van der Waals surface area contributed by atoms with E-state index in [0.717, 1.165) is 19.3 Å². The maximum Gasteiger partial charge on any atom is -0.00779 e. The summed E-state index contributed by atoms with van der Waals surface area (Å²) in [6.45, 7) is 4.56. The van der Waals surface area contributed by atoms with Crippen LogP contribution in [0.15, 0.2) is 66.7 Å². The fraction of sp³-hybridized carbons (Fsp3) is 0.357. The SMILES string of the molecule is CCCCCc1ccc2c(c1)CC(c1ccccc1CC)Cc1ccccc1-2. The average molecular weight is 369 g/mol. The van der Waals surface area contributed by atoms with Crippen LogP contribution in [-0.2, 0) is 25.7 Å². The Bertz CT molecular complexity index is 934. The Morgan fingerprint density at radius 3 is 2.36 bits per heavy atom. The first-order chi connectivity index (χ1) is 13.8. The second-order valence-electron chi connectivity index (χ2n) is 8.26. The summed E-state index contributed by atoms with van der Waals surface area (Å²) in [7, 11) is 0. The van der Waals surface area contributed by atoms with Gasteiger partial charge in [0.1, 0.15) is 0 Å². The molecule has 0 nitrogen and oxygen atoms in total. The molecule has 4 rings (SSSR count). The number of hydrogen-bond acceptors (Lipinski definition) is 0. The highest BCUT2D eigenvalue weighted by Crippen LogP contribution is 2.39. The molecule has 0 fully saturated rings. The maximum absolute atomic E-state index is 2.51. The predicted molar refractivity (Wildman–Crippen MR) is 121 cm³/mol. The Labute approximate surface area is 170 Å². The summed E-state index contributed by atoms with van der Waals surface area (Å²) in [6.07, 6.45) is 8.50. The van der Waals surface area contributed by atoms with E-state index in [0.29, 0.717) is 5.92 Å². The molecule has 3 aromatic rings. The molecular weight excluding hydrogens is 336 g/mol. The molecule has 0 amide bonds. The minimum Gasteiger partial charge on any atom is -0.0654 e. The van der Waals surface area contributed by atoms with E-state index in [1.54, 1.807) is 5.56 Å². The lowest BCUT2D eigenvalue weighted by Gasteiger charge is -2.19. The van der Waals surface area contributed by atoms with Crippen molar-refractivity contribution in [2.75, 3.05) is 0 Å². The monoisotopic (exact) mass is 368 g/mol. The number of rotatable bonds is 6. The van der Waals surface area contributed by atoms with Crippen molar-refractivity contribution >= 4 is 0 Å². The smallest absolute Gasteiger partial charge is 0.00779 e. The summed E-state index contributed by atoms with van der Waals surface area (Å²) in [5, 5.41) is 0. The Morgan fingerprint density at radius 2 is 1.50 bits per heavy atom. The zero-order chi connectivity index (χ0) is 19.3. The van der Waals surface area contributed by atoms with Gasteiger partial charge in [0.05, 0.1) is 0 Å². The van der Waals surface area contributed by atoms with Gasteiger partial charge in [-0.25, -0.2) is 0 Å². The van der Waals surface area contributed by atoms with Crippen LogP contribution in [0.5, 0.6) is 0 Å². The van der Waals surface area contributed by atoms with Gasteiger partial charge in [0, 0.05) is 0 Å². The first-order valence-electron chi connectivity index (χ1n) is 11.1. The van der Waals surface area contributed by atoms with Gasteiger partial charge < -0.3 is 0 Å². The quantitative estimate of drug-likeness (QED) is 0.394. The molecule has 28 heavy (non-hydrogen) atoms. The molecule has 0 aromatic heterocycles. The van der Waals surface area contributed by atoms with Crippen molar-refractivity contribution in [3.05, 3.63) is 94.5 Å². The number of benzene rings is 3. The van der Waals surface area contributed by atoms with Gasteiger partial charge in [-0.15, -0.1) is 0 Å². The highest BCUT2D eigenvalue weighted by Gasteiger charge is 2.23. The summed E-state index contributed by atoms with van der Waals surface area (Å²) in [5.41, 5.74) is 10.5. The van der Waals surface area contributed by atoms with E-state index in [4.69, 9.17) is 0 Å². The fourth-order valence-corrected chi connectivity index (χ4v) is 4.85. The third kappa shape index (κ3) is 3.92. The van der Waals surface area contributed by atoms with Gasteiger partial charge in [-0.05, 0) is 77.0 Å². The molecule has 1 unspecified atom stereocenters. The van der Waals surface area contributed by atoms with Crippen LogP contribution in [0.4, 0.5) is 0 Å². The van der Waals surface area contributed by atoms with Crippen LogP contribution in [0.1, 0.15) is 66.8 Å². The van der Waals surface area contributed by atoms with E-state index in [1.165, 1.54) is 59.1 Å². The summed E-state index contributed by atoms with van der Waals surface area (Å²) in [5.74, 6) is 0.560. The van der Waals surface area contributed by atoms with E-state index in [-0.39, 0.29) is 0 Å². The van der Waals surface area contributed by atoms with Gasteiger partial charge in [0.25, 0.3) is 0 Å². The van der Waals surface area contributed by atoms with Crippen LogP contribution in [0.2, 0.25) is 0 Å². The van der Waals surface area contributed by atoms with Gasteiger partial charge in [-0.1, -0.05) is 93.4 Å². The predicted octanol–water partition coefficient (Wildman–Crippen LogP) is 7.53. The van der Waals surface area contributed by atoms with Crippen LogP contribution >= 0.6 is 0 Å². The lowest BCUT2D eigenvalue weighted by atomic mass is 9.85. The molecule has 0 saturated heterocycles. The highest BCUT2D eigenvalue weighted by atomic mass is 14.3. The summed E-state index contributed by atoms with van der Waals surface area (Å²) in [4.78, 5) is 0. The summed E-state index contributed by atoms with van der Waals surface area (Å²) < 4.78 is 0. The maximum atomic E-state index is 2.51. The van der Waals surface area contributed by atoms with Crippen molar-refractivity contribution in [3.8, 4) is 11.1 Å². The van der Waals surface area contributed by atoms with Crippen molar-refractivity contribution in [2.24, 2.45) is 0 Å². The Kier molecular flexibility index (Phi) is 5.95. The van der Waals surface area contributed by atoms with Crippen LogP contribution in [0.25, 0.3) is 11.1 Å².